The Balaban J connectivity index is 3.30. The topological polar surface area (TPSA) is 55.1 Å². The SMILES string of the molecule is CC(C)CCCCNC(=O)CCC(C)CN. The monoisotopic (exact) mass is 228 g/mol. The smallest absolute Gasteiger partial charge is 0.220 e. The largest absolute Gasteiger partial charge is 0.356 e. The van der Waals surface area contributed by atoms with E-state index in [1.165, 1.54) is 12.8 Å². The molecule has 0 saturated heterocycles. The van der Waals surface area contributed by atoms with Crippen LogP contribution in [0.15, 0.2) is 0 Å². The van der Waals surface area contributed by atoms with Gasteiger partial charge in [-0.1, -0.05) is 33.6 Å². The highest BCUT2D eigenvalue weighted by atomic mass is 16.1. The van der Waals surface area contributed by atoms with Crippen molar-refractivity contribution in [1.82, 2.24) is 5.32 Å². The zero-order chi connectivity index (χ0) is 12.4. The number of amides is 1. The maximum absolute atomic E-state index is 11.4. The van der Waals surface area contributed by atoms with E-state index in [1.54, 1.807) is 0 Å². The van der Waals surface area contributed by atoms with Crippen LogP contribution in [0.2, 0.25) is 0 Å². The summed E-state index contributed by atoms with van der Waals surface area (Å²) >= 11 is 0. The molecule has 0 aromatic heterocycles. The molecular formula is C13H28N2O. The molecule has 0 spiro atoms. The van der Waals surface area contributed by atoms with E-state index in [2.05, 4.69) is 26.1 Å². The Hall–Kier alpha value is -0.570. The summed E-state index contributed by atoms with van der Waals surface area (Å²) in [5, 5.41) is 2.96. The van der Waals surface area contributed by atoms with Gasteiger partial charge in [0.05, 0.1) is 0 Å². The second kappa shape index (κ2) is 9.64. The molecule has 0 bridgehead atoms. The Morgan fingerprint density at radius 2 is 1.88 bits per heavy atom. The third kappa shape index (κ3) is 9.97. The minimum absolute atomic E-state index is 0.171. The van der Waals surface area contributed by atoms with Gasteiger partial charge in [-0.2, -0.15) is 0 Å². The van der Waals surface area contributed by atoms with Crippen molar-refractivity contribution < 1.29 is 4.79 Å². The van der Waals surface area contributed by atoms with Crippen LogP contribution in [0.3, 0.4) is 0 Å². The summed E-state index contributed by atoms with van der Waals surface area (Å²) in [5.74, 6) is 1.39. The summed E-state index contributed by atoms with van der Waals surface area (Å²) in [6.45, 7) is 8.03. The minimum Gasteiger partial charge on any atom is -0.356 e. The molecule has 96 valence electrons. The number of carbonyl (C=O) groups is 1. The first-order valence-corrected chi connectivity index (χ1v) is 6.53. The highest BCUT2D eigenvalue weighted by Gasteiger charge is 2.04. The lowest BCUT2D eigenvalue weighted by Gasteiger charge is -2.09. The van der Waals surface area contributed by atoms with Gasteiger partial charge in [0.15, 0.2) is 0 Å². The number of carbonyl (C=O) groups excluding carboxylic acids is 1. The molecule has 0 aliphatic carbocycles. The second-order valence-electron chi connectivity index (χ2n) is 5.12. The molecule has 1 unspecified atom stereocenters. The van der Waals surface area contributed by atoms with Crippen LogP contribution in [0, 0.1) is 11.8 Å². The van der Waals surface area contributed by atoms with E-state index in [0.29, 0.717) is 18.9 Å². The maximum atomic E-state index is 11.4. The van der Waals surface area contributed by atoms with Crippen molar-refractivity contribution in [3.05, 3.63) is 0 Å². The quantitative estimate of drug-likeness (QED) is 0.595. The normalized spacial score (nSPS) is 12.8. The van der Waals surface area contributed by atoms with Crippen LogP contribution in [-0.4, -0.2) is 19.0 Å². The number of nitrogens with one attached hydrogen (secondary N) is 1. The molecule has 0 saturated carbocycles. The molecule has 3 heteroatoms. The van der Waals surface area contributed by atoms with Crippen molar-refractivity contribution in [2.24, 2.45) is 17.6 Å². The third-order valence-electron chi connectivity index (χ3n) is 2.80. The molecule has 0 aliphatic rings. The van der Waals surface area contributed by atoms with E-state index in [9.17, 15) is 4.79 Å². The van der Waals surface area contributed by atoms with Gasteiger partial charge < -0.3 is 11.1 Å². The first-order chi connectivity index (χ1) is 7.56. The lowest BCUT2D eigenvalue weighted by molar-refractivity contribution is -0.121. The van der Waals surface area contributed by atoms with Gasteiger partial charge in [-0.15, -0.1) is 0 Å². The van der Waals surface area contributed by atoms with Crippen LogP contribution >= 0.6 is 0 Å². The minimum atomic E-state index is 0.171. The predicted molar refractivity (Wildman–Crippen MR) is 69.2 cm³/mol. The molecule has 0 radical (unpaired) electrons. The molecule has 0 rings (SSSR count). The summed E-state index contributed by atoms with van der Waals surface area (Å²) in [5.41, 5.74) is 5.49. The molecule has 1 amide bonds. The standard InChI is InChI=1S/C13H28N2O/c1-11(2)6-4-5-9-15-13(16)8-7-12(3)10-14/h11-12H,4-10,14H2,1-3H3,(H,15,16). The average molecular weight is 228 g/mol. The number of hydrogen-bond acceptors (Lipinski definition) is 2. The van der Waals surface area contributed by atoms with Gasteiger partial charge in [0.2, 0.25) is 5.91 Å². The van der Waals surface area contributed by atoms with Crippen LogP contribution in [0.5, 0.6) is 0 Å². The Morgan fingerprint density at radius 3 is 2.44 bits per heavy atom. The number of rotatable bonds is 9. The summed E-state index contributed by atoms with van der Waals surface area (Å²) in [6.07, 6.45) is 5.06. The van der Waals surface area contributed by atoms with Gasteiger partial charge in [0, 0.05) is 13.0 Å². The van der Waals surface area contributed by atoms with Gasteiger partial charge in [-0.3, -0.25) is 4.79 Å². The third-order valence-corrected chi connectivity index (χ3v) is 2.80. The van der Waals surface area contributed by atoms with Crippen molar-refractivity contribution in [1.29, 1.82) is 0 Å². The van der Waals surface area contributed by atoms with Crippen molar-refractivity contribution >= 4 is 5.91 Å². The lowest BCUT2D eigenvalue weighted by Crippen LogP contribution is -2.25. The van der Waals surface area contributed by atoms with E-state index in [4.69, 9.17) is 5.73 Å². The molecule has 0 aliphatic heterocycles. The highest BCUT2D eigenvalue weighted by Crippen LogP contribution is 2.05. The van der Waals surface area contributed by atoms with Crippen LogP contribution in [-0.2, 0) is 4.79 Å². The Morgan fingerprint density at radius 1 is 1.19 bits per heavy atom. The van der Waals surface area contributed by atoms with E-state index >= 15 is 0 Å². The fraction of sp³-hybridized carbons (Fsp3) is 0.923. The van der Waals surface area contributed by atoms with Gasteiger partial charge in [-0.25, -0.2) is 0 Å². The van der Waals surface area contributed by atoms with E-state index in [0.717, 1.165) is 25.3 Å². The highest BCUT2D eigenvalue weighted by molar-refractivity contribution is 5.75. The Kier molecular flexibility index (Phi) is 9.30. The van der Waals surface area contributed by atoms with Crippen molar-refractivity contribution in [2.45, 2.75) is 52.9 Å². The molecule has 16 heavy (non-hydrogen) atoms. The number of hydrogen-bond donors (Lipinski definition) is 2. The summed E-state index contributed by atoms with van der Waals surface area (Å²) < 4.78 is 0. The van der Waals surface area contributed by atoms with Gasteiger partial charge in [-0.05, 0) is 31.2 Å². The average Bonchev–Trinajstić information content (AvgIpc) is 2.24. The van der Waals surface area contributed by atoms with E-state index < -0.39 is 0 Å². The first-order valence-electron chi connectivity index (χ1n) is 6.53. The second-order valence-corrected chi connectivity index (χ2v) is 5.12. The molecule has 1 atom stereocenters. The van der Waals surface area contributed by atoms with Crippen LogP contribution in [0.1, 0.15) is 52.9 Å². The first kappa shape index (κ1) is 15.4. The van der Waals surface area contributed by atoms with Crippen molar-refractivity contribution in [2.75, 3.05) is 13.1 Å². The number of nitrogens with two attached hydrogens (primary N) is 1. The van der Waals surface area contributed by atoms with Crippen LogP contribution in [0.25, 0.3) is 0 Å². The van der Waals surface area contributed by atoms with Gasteiger partial charge in [0.25, 0.3) is 0 Å². The molecule has 3 nitrogen and oxygen atoms in total. The zero-order valence-corrected chi connectivity index (χ0v) is 11.1. The fourth-order valence-corrected chi connectivity index (χ4v) is 1.49. The fourth-order valence-electron chi connectivity index (χ4n) is 1.49. The zero-order valence-electron chi connectivity index (χ0n) is 11.1. The summed E-state index contributed by atoms with van der Waals surface area (Å²) in [7, 11) is 0. The number of unbranched alkanes of at least 4 members (excludes halogenated alkanes) is 1. The molecule has 0 heterocycles. The Labute approximate surface area is 100 Å². The van der Waals surface area contributed by atoms with E-state index in [-0.39, 0.29) is 5.91 Å². The molecule has 3 N–H and O–H groups in total. The van der Waals surface area contributed by atoms with Crippen molar-refractivity contribution in [3.8, 4) is 0 Å². The summed E-state index contributed by atoms with van der Waals surface area (Å²) in [4.78, 5) is 11.4. The van der Waals surface area contributed by atoms with Crippen LogP contribution in [0.4, 0.5) is 0 Å². The Bertz CT molecular complexity index is 181. The molecule has 0 aromatic rings. The summed E-state index contributed by atoms with van der Waals surface area (Å²) in [6, 6.07) is 0. The molecule has 0 fully saturated rings. The maximum Gasteiger partial charge on any atom is 0.220 e. The van der Waals surface area contributed by atoms with Crippen molar-refractivity contribution in [3.63, 3.8) is 0 Å². The molecule has 0 aromatic carbocycles. The van der Waals surface area contributed by atoms with Crippen LogP contribution < -0.4 is 11.1 Å². The molecular weight excluding hydrogens is 200 g/mol. The van der Waals surface area contributed by atoms with Gasteiger partial charge >= 0.3 is 0 Å². The van der Waals surface area contributed by atoms with Gasteiger partial charge in [0.1, 0.15) is 0 Å². The predicted octanol–water partition coefficient (Wildman–Crippen LogP) is 2.30. The van der Waals surface area contributed by atoms with E-state index in [1.807, 2.05) is 0 Å². The lowest BCUT2D eigenvalue weighted by atomic mass is 10.1.